The van der Waals surface area contributed by atoms with E-state index in [9.17, 15) is 9.59 Å². The van der Waals surface area contributed by atoms with Crippen molar-refractivity contribution in [3.05, 3.63) is 77.1 Å². The molecule has 0 atom stereocenters. The lowest BCUT2D eigenvalue weighted by Gasteiger charge is -2.12. The van der Waals surface area contributed by atoms with Crippen molar-refractivity contribution in [2.45, 2.75) is 13.8 Å². The SMILES string of the molecule is COc1cccc(OC)c1C(=O)OCC(=O)c1cc(C)n(-c2ccccc2)c1C. The lowest BCUT2D eigenvalue weighted by Crippen LogP contribution is -2.16. The lowest BCUT2D eigenvalue weighted by molar-refractivity contribution is 0.0468. The van der Waals surface area contributed by atoms with E-state index in [0.29, 0.717) is 17.1 Å². The summed E-state index contributed by atoms with van der Waals surface area (Å²) in [5.41, 5.74) is 3.36. The Hall–Kier alpha value is -3.54. The third kappa shape index (κ3) is 4.01. The van der Waals surface area contributed by atoms with E-state index in [0.717, 1.165) is 17.1 Å². The van der Waals surface area contributed by atoms with Crippen molar-refractivity contribution in [3.8, 4) is 17.2 Å². The van der Waals surface area contributed by atoms with E-state index in [4.69, 9.17) is 14.2 Å². The van der Waals surface area contributed by atoms with Gasteiger partial charge in [-0.2, -0.15) is 0 Å². The Bertz CT molecular complexity index is 1010. The van der Waals surface area contributed by atoms with Gasteiger partial charge < -0.3 is 18.8 Å². The third-order valence-electron chi connectivity index (χ3n) is 4.71. The molecule has 1 heterocycles. The molecule has 3 rings (SSSR count). The molecule has 0 N–H and O–H groups in total. The predicted octanol–water partition coefficient (Wildman–Crippen LogP) is 4.15. The highest BCUT2D eigenvalue weighted by Gasteiger charge is 2.22. The molecule has 0 amide bonds. The van der Waals surface area contributed by atoms with Crippen LogP contribution in [0.15, 0.2) is 54.6 Å². The van der Waals surface area contributed by atoms with E-state index in [2.05, 4.69) is 0 Å². The van der Waals surface area contributed by atoms with E-state index in [1.165, 1.54) is 14.2 Å². The van der Waals surface area contributed by atoms with Crippen molar-refractivity contribution in [2.75, 3.05) is 20.8 Å². The lowest BCUT2D eigenvalue weighted by atomic mass is 10.1. The molecule has 6 heteroatoms. The first kappa shape index (κ1) is 20.2. The number of aryl methyl sites for hydroxylation is 1. The van der Waals surface area contributed by atoms with Crippen LogP contribution in [-0.4, -0.2) is 37.1 Å². The first-order chi connectivity index (χ1) is 14.0. The number of hydrogen-bond donors (Lipinski definition) is 0. The quantitative estimate of drug-likeness (QED) is 0.446. The summed E-state index contributed by atoms with van der Waals surface area (Å²) < 4.78 is 17.7. The van der Waals surface area contributed by atoms with Crippen molar-refractivity contribution in [2.24, 2.45) is 0 Å². The van der Waals surface area contributed by atoms with Gasteiger partial charge >= 0.3 is 5.97 Å². The maximum Gasteiger partial charge on any atom is 0.346 e. The Kier molecular flexibility index (Phi) is 6.02. The Morgan fingerprint density at radius 2 is 1.52 bits per heavy atom. The van der Waals surface area contributed by atoms with Crippen LogP contribution in [0.1, 0.15) is 32.1 Å². The van der Waals surface area contributed by atoms with E-state index >= 15 is 0 Å². The van der Waals surface area contributed by atoms with Gasteiger partial charge in [-0.25, -0.2) is 4.79 Å². The molecule has 2 aromatic carbocycles. The zero-order valence-electron chi connectivity index (χ0n) is 16.9. The monoisotopic (exact) mass is 393 g/mol. The number of Topliss-reactive ketones (excluding diaryl/α,β-unsaturated/α-hetero) is 1. The number of hydrogen-bond acceptors (Lipinski definition) is 5. The maximum absolute atomic E-state index is 12.8. The van der Waals surface area contributed by atoms with Crippen LogP contribution in [0, 0.1) is 13.8 Å². The summed E-state index contributed by atoms with van der Waals surface area (Å²) in [5, 5.41) is 0. The summed E-state index contributed by atoms with van der Waals surface area (Å²) in [5.74, 6) is -0.305. The smallest absolute Gasteiger partial charge is 0.346 e. The summed E-state index contributed by atoms with van der Waals surface area (Å²) in [4.78, 5) is 25.3. The standard InChI is InChI=1S/C23H23NO5/c1-15-13-18(16(2)24(15)17-9-6-5-7-10-17)19(25)14-29-23(26)22-20(27-3)11-8-12-21(22)28-4/h5-13H,14H2,1-4H3. The molecule has 0 aliphatic carbocycles. The molecular weight excluding hydrogens is 370 g/mol. The van der Waals surface area contributed by atoms with Gasteiger partial charge in [0, 0.05) is 22.6 Å². The number of nitrogens with zero attached hydrogens (tertiary/aromatic N) is 1. The molecule has 0 aliphatic rings. The largest absolute Gasteiger partial charge is 0.496 e. The topological polar surface area (TPSA) is 66.8 Å². The number of ether oxygens (including phenoxy) is 3. The average molecular weight is 393 g/mol. The second-order valence-electron chi connectivity index (χ2n) is 6.49. The first-order valence-electron chi connectivity index (χ1n) is 9.13. The number of aromatic nitrogens is 1. The molecule has 6 nitrogen and oxygen atoms in total. The van der Waals surface area contributed by atoms with Crippen LogP contribution >= 0.6 is 0 Å². The van der Waals surface area contributed by atoms with Gasteiger partial charge in [0.2, 0.25) is 5.78 Å². The summed E-state index contributed by atoms with van der Waals surface area (Å²) in [6.07, 6.45) is 0. The average Bonchev–Trinajstić information content (AvgIpc) is 3.05. The Morgan fingerprint density at radius 1 is 0.897 bits per heavy atom. The minimum atomic E-state index is -0.676. The second-order valence-corrected chi connectivity index (χ2v) is 6.49. The Labute approximate surface area is 169 Å². The number of benzene rings is 2. The molecule has 29 heavy (non-hydrogen) atoms. The fourth-order valence-electron chi connectivity index (χ4n) is 3.35. The number of carbonyl (C=O) groups is 2. The van der Waals surface area contributed by atoms with Crippen LogP contribution in [-0.2, 0) is 4.74 Å². The molecule has 0 radical (unpaired) electrons. The summed E-state index contributed by atoms with van der Waals surface area (Å²) in [6.45, 7) is 3.43. The van der Waals surface area contributed by atoms with Gasteiger partial charge in [-0.05, 0) is 44.2 Å². The van der Waals surface area contributed by atoms with Crippen LogP contribution in [0.25, 0.3) is 5.69 Å². The zero-order valence-corrected chi connectivity index (χ0v) is 16.9. The minimum absolute atomic E-state index is 0.153. The number of rotatable bonds is 7. The molecular formula is C23H23NO5. The molecule has 1 aromatic heterocycles. The van der Waals surface area contributed by atoms with Crippen LogP contribution in [0.4, 0.5) is 0 Å². The summed E-state index contributed by atoms with van der Waals surface area (Å²) in [6, 6.07) is 16.6. The number of ketones is 1. The molecule has 0 spiro atoms. The van der Waals surface area contributed by atoms with E-state index in [1.54, 1.807) is 18.2 Å². The predicted molar refractivity (Wildman–Crippen MR) is 109 cm³/mol. The Balaban J connectivity index is 1.80. The van der Waals surface area contributed by atoms with Crippen molar-refractivity contribution < 1.29 is 23.8 Å². The van der Waals surface area contributed by atoms with Gasteiger partial charge in [-0.15, -0.1) is 0 Å². The summed E-state index contributed by atoms with van der Waals surface area (Å²) in [7, 11) is 2.91. The first-order valence-corrected chi connectivity index (χ1v) is 9.13. The van der Waals surface area contributed by atoms with Gasteiger partial charge in [-0.1, -0.05) is 24.3 Å². The number of methoxy groups -OCH3 is 2. The fraction of sp³-hybridized carbons (Fsp3) is 0.217. The molecule has 0 saturated carbocycles. The molecule has 3 aromatic rings. The fourth-order valence-corrected chi connectivity index (χ4v) is 3.35. The molecule has 150 valence electrons. The van der Waals surface area contributed by atoms with Gasteiger partial charge in [0.05, 0.1) is 14.2 Å². The molecule has 0 fully saturated rings. The van der Waals surface area contributed by atoms with Gasteiger partial charge in [0.15, 0.2) is 6.61 Å². The van der Waals surface area contributed by atoms with Crippen LogP contribution in [0.5, 0.6) is 11.5 Å². The van der Waals surface area contributed by atoms with E-state index in [1.807, 2.05) is 54.8 Å². The number of esters is 1. The van der Waals surface area contributed by atoms with Crippen molar-refractivity contribution in [1.82, 2.24) is 4.57 Å². The highest BCUT2D eigenvalue weighted by atomic mass is 16.5. The molecule has 0 unspecified atom stereocenters. The number of para-hydroxylation sites is 1. The normalized spacial score (nSPS) is 10.5. The maximum atomic E-state index is 12.8. The van der Waals surface area contributed by atoms with Crippen LogP contribution in [0.2, 0.25) is 0 Å². The highest BCUT2D eigenvalue weighted by molar-refractivity contribution is 6.01. The van der Waals surface area contributed by atoms with Gasteiger partial charge in [0.1, 0.15) is 17.1 Å². The van der Waals surface area contributed by atoms with Crippen molar-refractivity contribution in [3.63, 3.8) is 0 Å². The Morgan fingerprint density at radius 3 is 2.10 bits per heavy atom. The van der Waals surface area contributed by atoms with E-state index < -0.39 is 5.97 Å². The number of carbonyl (C=O) groups excluding carboxylic acids is 2. The van der Waals surface area contributed by atoms with E-state index in [-0.39, 0.29) is 18.0 Å². The van der Waals surface area contributed by atoms with Crippen molar-refractivity contribution >= 4 is 11.8 Å². The van der Waals surface area contributed by atoms with Crippen LogP contribution < -0.4 is 9.47 Å². The highest BCUT2D eigenvalue weighted by Crippen LogP contribution is 2.29. The molecule has 0 bridgehead atoms. The second kappa shape index (κ2) is 8.65. The summed E-state index contributed by atoms with van der Waals surface area (Å²) >= 11 is 0. The van der Waals surface area contributed by atoms with Gasteiger partial charge in [0.25, 0.3) is 0 Å². The minimum Gasteiger partial charge on any atom is -0.496 e. The van der Waals surface area contributed by atoms with Crippen molar-refractivity contribution in [1.29, 1.82) is 0 Å². The third-order valence-corrected chi connectivity index (χ3v) is 4.71. The van der Waals surface area contributed by atoms with Gasteiger partial charge in [-0.3, -0.25) is 4.79 Å². The molecule has 0 aliphatic heterocycles. The zero-order chi connectivity index (χ0) is 21.0. The van der Waals surface area contributed by atoms with Crippen LogP contribution in [0.3, 0.4) is 0 Å². The molecule has 0 saturated heterocycles.